The normalized spacial score (nSPS) is 11.7. The molecule has 0 aliphatic rings. The van der Waals surface area contributed by atoms with E-state index in [0.29, 0.717) is 5.56 Å². The minimum absolute atomic E-state index is 0.0259. The summed E-state index contributed by atoms with van der Waals surface area (Å²) in [5.41, 5.74) is 1.44. The lowest BCUT2D eigenvalue weighted by atomic mass is 10.1. The van der Waals surface area contributed by atoms with Crippen molar-refractivity contribution in [3.8, 4) is 0 Å². The van der Waals surface area contributed by atoms with Gasteiger partial charge in [0.1, 0.15) is 0 Å². The Morgan fingerprint density at radius 3 is 2.08 bits per heavy atom. The van der Waals surface area contributed by atoms with E-state index in [1.165, 1.54) is 12.1 Å². The number of halogens is 3. The molecule has 0 aliphatic heterocycles. The van der Waals surface area contributed by atoms with Crippen molar-refractivity contribution in [1.82, 2.24) is 5.48 Å². The van der Waals surface area contributed by atoms with Crippen molar-refractivity contribution in [1.29, 1.82) is 0 Å². The lowest BCUT2D eigenvalue weighted by Crippen LogP contribution is -2.06. The van der Waals surface area contributed by atoms with Gasteiger partial charge in [0.2, 0.25) is 0 Å². The fraction of sp³-hybridized carbons (Fsp3) is 0.250. The highest BCUT2D eigenvalue weighted by atomic mass is 19.4. The van der Waals surface area contributed by atoms with Crippen molar-refractivity contribution in [3.63, 3.8) is 0 Å². The molecule has 0 atom stereocenters. The second-order valence-corrected chi connectivity index (χ2v) is 2.52. The molecule has 1 aromatic carbocycles. The summed E-state index contributed by atoms with van der Waals surface area (Å²) in [6, 6.07) is 4.45. The van der Waals surface area contributed by atoms with E-state index >= 15 is 0 Å². The Balaban J connectivity index is 2.81. The predicted molar refractivity (Wildman–Crippen MR) is 41.7 cm³/mol. The largest absolute Gasteiger partial charge is 0.788 e. The highest BCUT2D eigenvalue weighted by Crippen LogP contribution is 2.28. The molecule has 0 aromatic heterocycles. The number of nitrogens with one attached hydrogen (secondary N) is 1. The summed E-state index contributed by atoms with van der Waals surface area (Å²) in [7, 11) is 0. The fourth-order valence-electron chi connectivity index (χ4n) is 0.895. The molecule has 0 spiro atoms. The molecule has 13 heavy (non-hydrogen) atoms. The molecular weight excluding hydrogens is 183 g/mol. The first-order valence-corrected chi connectivity index (χ1v) is 3.55. The monoisotopic (exact) mass is 190 g/mol. The number of hydroxylamine groups is 1. The first-order chi connectivity index (χ1) is 6.04. The van der Waals surface area contributed by atoms with Crippen LogP contribution in [-0.2, 0) is 12.7 Å². The Hall–Kier alpha value is -1.07. The van der Waals surface area contributed by atoms with Crippen LogP contribution in [0.3, 0.4) is 0 Å². The third-order valence-electron chi connectivity index (χ3n) is 1.56. The second kappa shape index (κ2) is 3.76. The van der Waals surface area contributed by atoms with Crippen LogP contribution < -0.4 is 5.48 Å². The molecule has 72 valence electrons. The molecular formula is C8H7F3NO-. The molecule has 1 rings (SSSR count). The third kappa shape index (κ3) is 2.71. The first kappa shape index (κ1) is 10.0. The number of alkyl halides is 3. The molecule has 1 aromatic rings. The molecule has 0 unspecified atom stereocenters. The molecule has 0 heterocycles. The van der Waals surface area contributed by atoms with Crippen molar-refractivity contribution in [3.05, 3.63) is 40.6 Å². The van der Waals surface area contributed by atoms with Gasteiger partial charge < -0.3 is 10.7 Å². The van der Waals surface area contributed by atoms with Crippen LogP contribution in [-0.4, -0.2) is 0 Å². The van der Waals surface area contributed by atoms with Gasteiger partial charge >= 0.3 is 6.18 Å². The number of rotatable bonds is 2. The average Bonchev–Trinajstić information content (AvgIpc) is 2.04. The van der Waals surface area contributed by atoms with Crippen molar-refractivity contribution < 1.29 is 13.2 Å². The third-order valence-corrected chi connectivity index (χ3v) is 1.56. The number of hydrogen-bond donors (Lipinski definition) is 1. The molecule has 0 aliphatic carbocycles. The van der Waals surface area contributed by atoms with Crippen molar-refractivity contribution in [2.75, 3.05) is 0 Å². The Kier molecular flexibility index (Phi) is 2.90. The molecule has 0 radical (unpaired) electrons. The number of hydrogen-bond acceptors (Lipinski definition) is 2. The van der Waals surface area contributed by atoms with Gasteiger partial charge in [-0.15, -0.1) is 0 Å². The molecule has 1 N–H and O–H groups in total. The van der Waals surface area contributed by atoms with E-state index in [0.717, 1.165) is 12.1 Å². The minimum Gasteiger partial charge on any atom is -0.788 e. The molecule has 5 heteroatoms. The van der Waals surface area contributed by atoms with Gasteiger partial charge in [-0.3, -0.25) is 0 Å². The molecule has 0 amide bonds. The van der Waals surface area contributed by atoms with Gasteiger partial charge in [0, 0.05) is 6.54 Å². The van der Waals surface area contributed by atoms with Crippen LogP contribution in [0.15, 0.2) is 24.3 Å². The topological polar surface area (TPSA) is 35.1 Å². The lowest BCUT2D eigenvalue weighted by Gasteiger charge is -2.09. The highest BCUT2D eigenvalue weighted by Gasteiger charge is 2.29. The van der Waals surface area contributed by atoms with Crippen LogP contribution in [0.5, 0.6) is 0 Å². The summed E-state index contributed by atoms with van der Waals surface area (Å²) in [6.07, 6.45) is -4.32. The van der Waals surface area contributed by atoms with E-state index in [4.69, 9.17) is 0 Å². The van der Waals surface area contributed by atoms with E-state index in [9.17, 15) is 18.4 Å². The summed E-state index contributed by atoms with van der Waals surface area (Å²) in [4.78, 5) is 0. The summed E-state index contributed by atoms with van der Waals surface area (Å²) in [6.45, 7) is 0.0259. The zero-order valence-electron chi connectivity index (χ0n) is 6.56. The smallest absolute Gasteiger partial charge is 0.416 e. The highest BCUT2D eigenvalue weighted by molar-refractivity contribution is 5.24. The van der Waals surface area contributed by atoms with E-state index < -0.39 is 11.7 Å². The summed E-state index contributed by atoms with van der Waals surface area (Å²) >= 11 is 0. The van der Waals surface area contributed by atoms with Crippen LogP contribution in [0.25, 0.3) is 0 Å². The number of benzene rings is 1. The van der Waals surface area contributed by atoms with Crippen LogP contribution in [0.1, 0.15) is 11.1 Å². The summed E-state index contributed by atoms with van der Waals surface area (Å²) in [5.74, 6) is 0. The van der Waals surface area contributed by atoms with Crippen molar-refractivity contribution in [2.45, 2.75) is 12.7 Å². The van der Waals surface area contributed by atoms with E-state index in [1.807, 2.05) is 0 Å². The van der Waals surface area contributed by atoms with E-state index in [-0.39, 0.29) is 6.54 Å². The zero-order valence-corrected chi connectivity index (χ0v) is 6.56. The van der Waals surface area contributed by atoms with Crippen LogP contribution >= 0.6 is 0 Å². The Morgan fingerprint density at radius 1 is 1.15 bits per heavy atom. The minimum atomic E-state index is -4.32. The first-order valence-electron chi connectivity index (χ1n) is 3.55. The average molecular weight is 190 g/mol. The molecule has 0 saturated heterocycles. The Bertz CT molecular complexity index is 268. The van der Waals surface area contributed by atoms with Gasteiger partial charge in [0.05, 0.1) is 5.56 Å². The SMILES string of the molecule is [O-]NCc1ccc(C(F)(F)F)cc1. The Labute approximate surface area is 73.0 Å². The predicted octanol–water partition coefficient (Wildman–Crippen LogP) is 2.29. The van der Waals surface area contributed by atoms with Gasteiger partial charge in [0.25, 0.3) is 0 Å². The molecule has 0 bridgehead atoms. The van der Waals surface area contributed by atoms with Gasteiger partial charge in [-0.05, 0) is 17.7 Å². The Morgan fingerprint density at radius 2 is 1.69 bits per heavy atom. The van der Waals surface area contributed by atoms with Gasteiger partial charge in [-0.2, -0.15) is 13.2 Å². The van der Waals surface area contributed by atoms with Crippen molar-refractivity contribution in [2.24, 2.45) is 0 Å². The van der Waals surface area contributed by atoms with Gasteiger partial charge in [-0.1, -0.05) is 12.1 Å². The zero-order chi connectivity index (χ0) is 9.90. The van der Waals surface area contributed by atoms with E-state index in [1.54, 1.807) is 5.48 Å². The summed E-state index contributed by atoms with van der Waals surface area (Å²) in [5, 5.41) is 9.91. The maximum atomic E-state index is 12.0. The van der Waals surface area contributed by atoms with Crippen LogP contribution in [0.4, 0.5) is 13.2 Å². The van der Waals surface area contributed by atoms with Gasteiger partial charge in [-0.25, -0.2) is 0 Å². The van der Waals surface area contributed by atoms with Gasteiger partial charge in [0.15, 0.2) is 0 Å². The second-order valence-electron chi connectivity index (χ2n) is 2.52. The molecule has 0 fully saturated rings. The quantitative estimate of drug-likeness (QED) is 0.726. The maximum absolute atomic E-state index is 12.0. The molecule has 2 nitrogen and oxygen atoms in total. The lowest BCUT2D eigenvalue weighted by molar-refractivity contribution is -0.137. The van der Waals surface area contributed by atoms with Crippen molar-refractivity contribution >= 4 is 0 Å². The maximum Gasteiger partial charge on any atom is 0.416 e. The van der Waals surface area contributed by atoms with Crippen LogP contribution in [0, 0.1) is 5.21 Å². The molecule has 0 saturated carbocycles. The van der Waals surface area contributed by atoms with E-state index in [2.05, 4.69) is 0 Å². The summed E-state index contributed by atoms with van der Waals surface area (Å²) < 4.78 is 36.1. The fourth-order valence-corrected chi connectivity index (χ4v) is 0.895. The van der Waals surface area contributed by atoms with Crippen LogP contribution in [0.2, 0.25) is 0 Å². The standard InChI is InChI=1S/C8H7F3NO/c9-8(10,11)7-3-1-6(2-4-7)5-12-13/h1-4,12H,5H2/q-1.